The third-order valence-corrected chi connectivity index (χ3v) is 9.02. The Morgan fingerprint density at radius 2 is 1.94 bits per heavy atom. The minimum absolute atomic E-state index is 0.189. The SMILES string of the molecule is Cc1oncc1CC(=O)CC1CCC(CCN2CCc3nc(OC4CC(F)(F)C4)sc3CC2)CC1. The summed E-state index contributed by atoms with van der Waals surface area (Å²) in [7, 11) is 0. The predicted octanol–water partition coefficient (Wildman–Crippen LogP) is 5.42. The van der Waals surface area contributed by atoms with E-state index in [4.69, 9.17) is 9.26 Å². The molecule has 2 aromatic heterocycles. The monoisotopic (exact) mass is 507 g/mol. The highest BCUT2D eigenvalue weighted by atomic mass is 32.1. The number of carbonyl (C=O) groups excluding carboxylic acids is 1. The highest BCUT2D eigenvalue weighted by Crippen LogP contribution is 2.41. The zero-order valence-electron chi connectivity index (χ0n) is 20.4. The van der Waals surface area contributed by atoms with Crippen molar-refractivity contribution in [3.05, 3.63) is 28.1 Å². The summed E-state index contributed by atoms with van der Waals surface area (Å²) in [4.78, 5) is 20.9. The number of hydrogen-bond donors (Lipinski definition) is 0. The van der Waals surface area contributed by atoms with Crippen molar-refractivity contribution in [2.24, 2.45) is 11.8 Å². The molecule has 0 atom stereocenters. The van der Waals surface area contributed by atoms with Crippen LogP contribution in [0.1, 0.15) is 73.3 Å². The van der Waals surface area contributed by atoms with E-state index in [1.54, 1.807) is 17.5 Å². The minimum atomic E-state index is -2.56. The molecule has 0 unspecified atom stereocenters. The quantitative estimate of drug-likeness (QED) is 0.452. The van der Waals surface area contributed by atoms with Crippen molar-refractivity contribution in [2.45, 2.75) is 89.6 Å². The summed E-state index contributed by atoms with van der Waals surface area (Å²) < 4.78 is 36.8. The average molecular weight is 508 g/mol. The van der Waals surface area contributed by atoms with Crippen LogP contribution >= 0.6 is 11.3 Å². The Balaban J connectivity index is 0.990. The van der Waals surface area contributed by atoms with E-state index in [0.29, 0.717) is 29.7 Å². The number of ketones is 1. The van der Waals surface area contributed by atoms with Crippen molar-refractivity contribution in [1.82, 2.24) is 15.0 Å². The van der Waals surface area contributed by atoms with Crippen LogP contribution in [0.25, 0.3) is 0 Å². The summed E-state index contributed by atoms with van der Waals surface area (Å²) in [5.74, 6) is -0.256. The van der Waals surface area contributed by atoms with Gasteiger partial charge in [0.05, 0.1) is 11.9 Å². The molecule has 0 N–H and O–H groups in total. The van der Waals surface area contributed by atoms with Crippen LogP contribution in [0.4, 0.5) is 8.78 Å². The van der Waals surface area contributed by atoms with Crippen LogP contribution < -0.4 is 4.74 Å². The van der Waals surface area contributed by atoms with E-state index >= 15 is 0 Å². The van der Waals surface area contributed by atoms with E-state index in [0.717, 1.165) is 68.3 Å². The van der Waals surface area contributed by atoms with Crippen LogP contribution in [0, 0.1) is 18.8 Å². The number of nitrogens with zero attached hydrogens (tertiary/aromatic N) is 3. The molecule has 3 heterocycles. The summed E-state index contributed by atoms with van der Waals surface area (Å²) in [5, 5.41) is 4.33. The topological polar surface area (TPSA) is 68.5 Å². The summed E-state index contributed by atoms with van der Waals surface area (Å²) in [6.07, 6.45) is 9.81. The van der Waals surface area contributed by atoms with Gasteiger partial charge in [-0.3, -0.25) is 4.79 Å². The van der Waals surface area contributed by atoms with Crippen LogP contribution in [-0.2, 0) is 24.1 Å². The fourth-order valence-electron chi connectivity index (χ4n) is 5.68. The first-order valence-electron chi connectivity index (χ1n) is 13.0. The molecular weight excluding hydrogens is 472 g/mol. The zero-order valence-corrected chi connectivity index (χ0v) is 21.3. The molecule has 0 spiro atoms. The van der Waals surface area contributed by atoms with Gasteiger partial charge in [-0.1, -0.05) is 29.3 Å². The molecule has 3 aliphatic rings. The molecule has 2 aromatic rings. The zero-order chi connectivity index (χ0) is 24.4. The Bertz CT molecular complexity index is 982. The van der Waals surface area contributed by atoms with Crippen LogP contribution in [0.5, 0.6) is 5.19 Å². The van der Waals surface area contributed by atoms with E-state index in [1.165, 1.54) is 24.1 Å². The number of aryl methyl sites for hydroxylation is 1. The average Bonchev–Trinajstić information content (AvgIpc) is 3.32. The van der Waals surface area contributed by atoms with Gasteiger partial charge in [0.15, 0.2) is 0 Å². The lowest BCUT2D eigenvalue weighted by Gasteiger charge is -2.33. The Kier molecular flexibility index (Phi) is 7.53. The lowest BCUT2D eigenvalue weighted by Crippen LogP contribution is -2.43. The van der Waals surface area contributed by atoms with Gasteiger partial charge in [-0.15, -0.1) is 0 Å². The number of Topliss-reactive ketones (excluding diaryl/α,β-unsaturated/α-hetero) is 1. The highest BCUT2D eigenvalue weighted by Gasteiger charge is 2.47. The molecule has 9 heteroatoms. The van der Waals surface area contributed by atoms with Crippen molar-refractivity contribution in [2.75, 3.05) is 19.6 Å². The van der Waals surface area contributed by atoms with E-state index < -0.39 is 5.92 Å². The normalized spacial score (nSPS) is 25.0. The maximum atomic E-state index is 13.0. The second-order valence-electron chi connectivity index (χ2n) is 10.7. The number of thiazole rings is 1. The number of ether oxygens (including phenoxy) is 1. The molecule has 35 heavy (non-hydrogen) atoms. The first kappa shape index (κ1) is 24.8. The molecule has 192 valence electrons. The molecule has 6 nitrogen and oxygen atoms in total. The summed E-state index contributed by atoms with van der Waals surface area (Å²) in [6, 6.07) is 0. The van der Waals surface area contributed by atoms with Gasteiger partial charge >= 0.3 is 0 Å². The van der Waals surface area contributed by atoms with Crippen molar-refractivity contribution in [3.8, 4) is 5.19 Å². The molecule has 1 aliphatic heterocycles. The maximum absolute atomic E-state index is 13.0. The molecule has 0 radical (unpaired) electrons. The smallest absolute Gasteiger partial charge is 0.273 e. The minimum Gasteiger partial charge on any atom is -0.466 e. The Morgan fingerprint density at radius 3 is 2.66 bits per heavy atom. The lowest BCUT2D eigenvalue weighted by atomic mass is 9.78. The largest absolute Gasteiger partial charge is 0.466 e. The molecule has 0 bridgehead atoms. The van der Waals surface area contributed by atoms with Gasteiger partial charge in [-0.2, -0.15) is 0 Å². The number of alkyl halides is 2. The van der Waals surface area contributed by atoms with Crippen molar-refractivity contribution in [1.29, 1.82) is 0 Å². The van der Waals surface area contributed by atoms with Crippen molar-refractivity contribution >= 4 is 17.1 Å². The number of halogens is 2. The number of hydrogen-bond acceptors (Lipinski definition) is 7. The van der Waals surface area contributed by atoms with Crippen LogP contribution in [0.3, 0.4) is 0 Å². The van der Waals surface area contributed by atoms with Crippen LogP contribution in [0.2, 0.25) is 0 Å². The molecule has 2 aliphatic carbocycles. The lowest BCUT2D eigenvalue weighted by molar-refractivity contribution is -0.134. The fraction of sp³-hybridized carbons (Fsp3) is 0.731. The van der Waals surface area contributed by atoms with E-state index in [1.807, 2.05) is 6.92 Å². The molecule has 2 saturated carbocycles. The van der Waals surface area contributed by atoms with Crippen molar-refractivity contribution in [3.63, 3.8) is 0 Å². The van der Waals surface area contributed by atoms with Crippen LogP contribution in [0.15, 0.2) is 10.7 Å². The predicted molar refractivity (Wildman–Crippen MR) is 129 cm³/mol. The Morgan fingerprint density at radius 1 is 1.20 bits per heavy atom. The van der Waals surface area contributed by atoms with E-state index in [-0.39, 0.29) is 18.9 Å². The van der Waals surface area contributed by atoms with Gasteiger partial charge in [0.1, 0.15) is 17.6 Å². The molecule has 0 amide bonds. The molecule has 2 fully saturated rings. The summed E-state index contributed by atoms with van der Waals surface area (Å²) in [5.41, 5.74) is 2.00. The van der Waals surface area contributed by atoms with Gasteiger partial charge in [-0.05, 0) is 51.0 Å². The van der Waals surface area contributed by atoms with Gasteiger partial charge in [0.2, 0.25) is 0 Å². The number of aromatic nitrogens is 2. The van der Waals surface area contributed by atoms with Gasteiger partial charge in [0, 0.05) is 55.6 Å². The maximum Gasteiger partial charge on any atom is 0.273 e. The number of fused-ring (bicyclic) bond motifs is 1. The second-order valence-corrected chi connectivity index (χ2v) is 11.7. The molecule has 5 rings (SSSR count). The van der Waals surface area contributed by atoms with E-state index in [2.05, 4.69) is 15.0 Å². The Labute approximate surface area is 209 Å². The Hall–Kier alpha value is -1.87. The molecule has 0 aromatic carbocycles. The first-order valence-corrected chi connectivity index (χ1v) is 13.8. The van der Waals surface area contributed by atoms with Gasteiger partial charge < -0.3 is 14.2 Å². The highest BCUT2D eigenvalue weighted by molar-refractivity contribution is 7.13. The molecular formula is C26H35F2N3O3S. The van der Waals surface area contributed by atoms with Gasteiger partial charge in [0.25, 0.3) is 11.1 Å². The molecule has 0 saturated heterocycles. The first-order chi connectivity index (χ1) is 16.8. The summed E-state index contributed by atoms with van der Waals surface area (Å²) >= 11 is 1.54. The second kappa shape index (κ2) is 10.6. The van der Waals surface area contributed by atoms with Crippen LogP contribution in [-0.4, -0.2) is 52.5 Å². The fourth-order valence-corrected chi connectivity index (χ4v) is 6.69. The van der Waals surface area contributed by atoms with E-state index in [9.17, 15) is 13.6 Å². The standard InChI is InChI=1S/C26H35F2N3O3S/c1-17-20(16-29-34-17)13-21(32)12-19-4-2-18(3-5-19)6-9-31-10-7-23-24(8-11-31)35-25(30-23)33-22-14-26(27,28)15-22/h16,18-19,22H,2-15H2,1H3. The number of carbonyl (C=O) groups is 1. The third kappa shape index (κ3) is 6.47. The third-order valence-electron chi connectivity index (χ3n) is 7.97. The van der Waals surface area contributed by atoms with Gasteiger partial charge in [-0.25, -0.2) is 13.8 Å². The summed E-state index contributed by atoms with van der Waals surface area (Å²) in [6.45, 7) is 4.97. The number of rotatable bonds is 9. The van der Waals surface area contributed by atoms with Crippen molar-refractivity contribution < 1.29 is 22.8 Å².